The van der Waals surface area contributed by atoms with Gasteiger partial charge in [-0.05, 0) is 22.3 Å². The molecule has 6 rings (SSSR count). The predicted molar refractivity (Wildman–Crippen MR) is 202 cm³/mol. The Morgan fingerprint density at radius 2 is 1.09 bits per heavy atom. The van der Waals surface area contributed by atoms with E-state index in [2.05, 4.69) is 0 Å². The lowest BCUT2D eigenvalue weighted by Gasteiger charge is -2.45. The summed E-state index contributed by atoms with van der Waals surface area (Å²) in [4.78, 5) is 35.6. The van der Waals surface area contributed by atoms with E-state index in [9.17, 15) is 25.0 Å². The van der Waals surface area contributed by atoms with Crippen LogP contribution in [0.15, 0.2) is 133 Å². The quantitative estimate of drug-likeness (QED) is 0.0494. The van der Waals surface area contributed by atoms with Crippen LogP contribution in [0.1, 0.15) is 32.6 Å². The zero-order valence-electron chi connectivity index (χ0n) is 30.4. The van der Waals surface area contributed by atoms with Gasteiger partial charge in [0, 0.05) is 6.07 Å². The Hall–Kier alpha value is -6.03. The van der Waals surface area contributed by atoms with Crippen LogP contribution >= 0.6 is 0 Å². The van der Waals surface area contributed by atoms with Gasteiger partial charge in [-0.1, -0.05) is 121 Å². The molecule has 14 heteroatoms. The van der Waals surface area contributed by atoms with E-state index in [1.807, 2.05) is 121 Å². The second-order valence-electron chi connectivity index (χ2n) is 12.8. The number of nitrogens with zero attached hydrogens (tertiary/aromatic N) is 2. The number of esters is 1. The highest BCUT2D eigenvalue weighted by molar-refractivity contribution is 5.95. The number of carbonyl (C=O) groups is 1. The number of hydrogen-bond donors (Lipinski definition) is 0. The molecule has 0 N–H and O–H groups in total. The molecule has 5 aromatic rings. The summed E-state index contributed by atoms with van der Waals surface area (Å²) in [7, 11) is 1.04. The molecule has 1 fully saturated rings. The third kappa shape index (κ3) is 10.4. The number of ether oxygens (including phenoxy) is 7. The van der Waals surface area contributed by atoms with Crippen molar-refractivity contribution in [2.24, 2.45) is 0 Å². The van der Waals surface area contributed by atoms with Gasteiger partial charge in [0.25, 0.3) is 5.69 Å². The molecule has 1 aliphatic rings. The van der Waals surface area contributed by atoms with E-state index in [1.165, 1.54) is 0 Å². The molecule has 0 aromatic heterocycles. The van der Waals surface area contributed by atoms with Gasteiger partial charge < -0.3 is 33.2 Å². The molecule has 0 radical (unpaired) electrons. The number of nitro groups is 2. The average molecular weight is 765 g/mol. The third-order valence-corrected chi connectivity index (χ3v) is 8.94. The fourth-order valence-electron chi connectivity index (χ4n) is 6.18. The van der Waals surface area contributed by atoms with Gasteiger partial charge in [-0.2, -0.15) is 0 Å². The molecule has 1 aliphatic heterocycles. The second-order valence-corrected chi connectivity index (χ2v) is 12.8. The Morgan fingerprint density at radius 3 is 1.55 bits per heavy atom. The van der Waals surface area contributed by atoms with Crippen molar-refractivity contribution in [2.45, 2.75) is 57.1 Å². The fourth-order valence-corrected chi connectivity index (χ4v) is 6.18. The van der Waals surface area contributed by atoms with Crippen LogP contribution in [0.25, 0.3) is 0 Å². The van der Waals surface area contributed by atoms with Gasteiger partial charge in [0.1, 0.15) is 30.0 Å². The lowest BCUT2D eigenvalue weighted by molar-refractivity contribution is -0.395. The molecule has 56 heavy (non-hydrogen) atoms. The minimum atomic E-state index is -1.51. The summed E-state index contributed by atoms with van der Waals surface area (Å²) in [5.74, 6) is -1.71. The highest BCUT2D eigenvalue weighted by Gasteiger charge is 2.50. The summed E-state index contributed by atoms with van der Waals surface area (Å²) in [6.07, 6.45) is -5.42. The highest BCUT2D eigenvalue weighted by atomic mass is 16.7. The Bertz CT molecular complexity index is 2040. The molecule has 5 aromatic carbocycles. The molecule has 1 unspecified atom stereocenters. The normalized spacial score (nSPS) is 19.2. The maximum Gasteiger partial charge on any atom is 0.342 e. The van der Waals surface area contributed by atoms with Crippen LogP contribution in [0.5, 0.6) is 5.75 Å². The van der Waals surface area contributed by atoms with Crippen molar-refractivity contribution in [1.29, 1.82) is 0 Å². The van der Waals surface area contributed by atoms with E-state index in [1.54, 1.807) is 0 Å². The maximum atomic E-state index is 13.1. The zero-order valence-corrected chi connectivity index (χ0v) is 30.4. The predicted octanol–water partition coefficient (Wildman–Crippen LogP) is 7.37. The van der Waals surface area contributed by atoms with E-state index >= 15 is 0 Å². The number of methoxy groups -OCH3 is 1. The Kier molecular flexibility index (Phi) is 13.8. The number of non-ortho nitro benzene ring substituents is 1. The molecule has 0 saturated carbocycles. The largest absolute Gasteiger partial charge is 0.465 e. The first-order valence-electron chi connectivity index (χ1n) is 17.8. The van der Waals surface area contributed by atoms with Crippen LogP contribution in [-0.2, 0) is 54.8 Å². The molecular weight excluding hydrogens is 724 g/mol. The van der Waals surface area contributed by atoms with Crippen LogP contribution in [0.3, 0.4) is 0 Å². The van der Waals surface area contributed by atoms with Gasteiger partial charge in [-0.25, -0.2) is 4.79 Å². The molecule has 14 nitrogen and oxygen atoms in total. The standard InChI is InChI=1S/C42H40N2O12/c1-50-41(45)34-22-33(43(46)47)23-35(44(48)49)37(34)56-42-40(54-27-32-20-12-5-13-21-32)39(53-26-31-18-10-4-11-19-31)38(52-25-30-16-8-3-9-17-30)36(55-42)28-51-24-29-14-6-2-7-15-29/h2-23,36,38-40,42H,24-28H2,1H3/t36-,38-,39+,40-,42?/m1/s1. The van der Waals surface area contributed by atoms with Crippen molar-refractivity contribution < 1.29 is 47.8 Å². The number of nitro benzene ring substituents is 2. The molecule has 1 saturated heterocycles. The van der Waals surface area contributed by atoms with Crippen molar-refractivity contribution >= 4 is 17.3 Å². The van der Waals surface area contributed by atoms with Crippen LogP contribution in [0.2, 0.25) is 0 Å². The third-order valence-electron chi connectivity index (χ3n) is 8.94. The number of hydrogen-bond acceptors (Lipinski definition) is 12. The topological polar surface area (TPSA) is 168 Å². The minimum Gasteiger partial charge on any atom is -0.465 e. The first-order valence-corrected chi connectivity index (χ1v) is 17.8. The molecule has 0 amide bonds. The highest BCUT2D eigenvalue weighted by Crippen LogP contribution is 2.40. The molecule has 0 bridgehead atoms. The molecular formula is C42H40N2O12. The summed E-state index contributed by atoms with van der Waals surface area (Å²) in [5.41, 5.74) is 1.30. The van der Waals surface area contributed by atoms with Gasteiger partial charge in [-0.15, -0.1) is 0 Å². The number of benzene rings is 5. The average Bonchev–Trinajstić information content (AvgIpc) is 3.23. The molecule has 0 aliphatic carbocycles. The van der Waals surface area contributed by atoms with E-state index in [0.29, 0.717) is 6.07 Å². The monoisotopic (exact) mass is 764 g/mol. The second kappa shape index (κ2) is 19.5. The van der Waals surface area contributed by atoms with Crippen molar-refractivity contribution in [3.8, 4) is 5.75 Å². The molecule has 5 atom stereocenters. The summed E-state index contributed by atoms with van der Waals surface area (Å²) >= 11 is 0. The lowest BCUT2D eigenvalue weighted by atomic mass is 9.97. The molecule has 0 spiro atoms. The van der Waals surface area contributed by atoms with E-state index in [-0.39, 0.29) is 33.0 Å². The zero-order chi connectivity index (χ0) is 39.3. The molecule has 1 heterocycles. The van der Waals surface area contributed by atoms with E-state index in [0.717, 1.165) is 35.4 Å². The Labute approximate surface area is 322 Å². The summed E-state index contributed by atoms with van der Waals surface area (Å²) in [6, 6.07) is 39.3. The van der Waals surface area contributed by atoms with E-state index in [4.69, 9.17) is 33.2 Å². The van der Waals surface area contributed by atoms with Gasteiger partial charge in [-0.3, -0.25) is 20.2 Å². The SMILES string of the molecule is COC(=O)c1cc([N+](=O)[O-])cc([N+](=O)[O-])c1OC1O[C@H](COCc2ccccc2)[C@@H](OCc2ccccc2)[C@H](OCc2ccccc2)[C@H]1OCc1ccccc1. The van der Waals surface area contributed by atoms with Crippen molar-refractivity contribution in [3.05, 3.63) is 182 Å². The van der Waals surface area contributed by atoms with Crippen LogP contribution in [-0.4, -0.2) is 60.2 Å². The first-order chi connectivity index (χ1) is 27.3. The van der Waals surface area contributed by atoms with Crippen LogP contribution < -0.4 is 4.74 Å². The maximum absolute atomic E-state index is 13.1. The van der Waals surface area contributed by atoms with Crippen LogP contribution in [0, 0.1) is 20.2 Å². The fraction of sp³-hybridized carbons (Fsp3) is 0.262. The van der Waals surface area contributed by atoms with Crippen molar-refractivity contribution in [1.82, 2.24) is 0 Å². The van der Waals surface area contributed by atoms with Gasteiger partial charge in [0.15, 0.2) is 0 Å². The molecule has 290 valence electrons. The van der Waals surface area contributed by atoms with E-state index < -0.39 is 69.2 Å². The summed E-state index contributed by atoms with van der Waals surface area (Å²) in [5, 5.41) is 24.2. The Balaban J connectivity index is 1.44. The van der Waals surface area contributed by atoms with Crippen molar-refractivity contribution in [2.75, 3.05) is 13.7 Å². The first kappa shape index (κ1) is 39.7. The number of rotatable bonds is 18. The lowest BCUT2D eigenvalue weighted by Crippen LogP contribution is -2.62. The van der Waals surface area contributed by atoms with Crippen LogP contribution in [0.4, 0.5) is 11.4 Å². The number of carbonyl (C=O) groups excluding carboxylic acids is 1. The van der Waals surface area contributed by atoms with Gasteiger partial charge in [0.2, 0.25) is 12.0 Å². The minimum absolute atomic E-state index is 0.0344. The van der Waals surface area contributed by atoms with Crippen molar-refractivity contribution in [3.63, 3.8) is 0 Å². The van der Waals surface area contributed by atoms with Gasteiger partial charge >= 0.3 is 11.7 Å². The summed E-state index contributed by atoms with van der Waals surface area (Å²) in [6.45, 7) is 0.481. The summed E-state index contributed by atoms with van der Waals surface area (Å²) < 4.78 is 43.9. The van der Waals surface area contributed by atoms with Gasteiger partial charge in [0.05, 0.1) is 56.1 Å². The smallest absolute Gasteiger partial charge is 0.342 e. The Morgan fingerprint density at radius 1 is 0.625 bits per heavy atom.